The molecule has 1 aliphatic rings. The topological polar surface area (TPSA) is 3.24 Å². The fourth-order valence-corrected chi connectivity index (χ4v) is 7.85. The Kier molecular flexibility index (Phi) is 5.42. The highest BCUT2D eigenvalue weighted by Crippen LogP contribution is 2.52. The largest absolute Gasteiger partial charge is 0.310 e. The maximum atomic E-state index is 2.44. The smallest absolute Gasteiger partial charge is 0.0465 e. The van der Waals surface area contributed by atoms with E-state index >= 15 is 0 Å². The van der Waals surface area contributed by atoms with Crippen molar-refractivity contribution >= 4 is 48.6 Å². The molecule has 1 aliphatic carbocycles. The van der Waals surface area contributed by atoms with Gasteiger partial charge in [-0.1, -0.05) is 105 Å². The van der Waals surface area contributed by atoms with E-state index < -0.39 is 0 Å². The number of hydrogen-bond acceptors (Lipinski definition) is 2. The van der Waals surface area contributed by atoms with Crippen molar-refractivity contribution in [3.05, 3.63) is 151 Å². The molecular formula is C39H29NS. The first-order chi connectivity index (χ1) is 20.1. The zero-order valence-electron chi connectivity index (χ0n) is 23.1. The van der Waals surface area contributed by atoms with E-state index in [4.69, 9.17) is 0 Å². The number of anilines is 3. The van der Waals surface area contributed by atoms with Gasteiger partial charge in [-0.05, 0) is 81.9 Å². The molecule has 0 unspecified atom stereocenters. The molecule has 196 valence electrons. The van der Waals surface area contributed by atoms with Crippen molar-refractivity contribution in [2.75, 3.05) is 4.90 Å². The molecular weight excluding hydrogens is 515 g/mol. The van der Waals surface area contributed by atoms with Gasteiger partial charge in [-0.3, -0.25) is 0 Å². The summed E-state index contributed by atoms with van der Waals surface area (Å²) < 4.78 is 2.71. The van der Waals surface area contributed by atoms with Gasteiger partial charge in [-0.2, -0.15) is 0 Å². The molecule has 0 saturated carbocycles. The number of rotatable bonds is 4. The molecule has 8 rings (SSSR count). The molecule has 1 aromatic heterocycles. The van der Waals surface area contributed by atoms with Gasteiger partial charge in [0.15, 0.2) is 0 Å². The molecule has 0 amide bonds. The van der Waals surface area contributed by atoms with Crippen LogP contribution in [0.4, 0.5) is 17.1 Å². The lowest BCUT2D eigenvalue weighted by Gasteiger charge is -2.28. The second-order valence-electron chi connectivity index (χ2n) is 11.4. The Hall–Kier alpha value is -4.66. The summed E-state index contributed by atoms with van der Waals surface area (Å²) in [6, 6.07) is 50.9. The van der Waals surface area contributed by atoms with E-state index in [0.29, 0.717) is 0 Å². The number of thiophene rings is 1. The summed E-state index contributed by atoms with van der Waals surface area (Å²) in [7, 11) is 0. The molecule has 1 nitrogen and oxygen atoms in total. The van der Waals surface area contributed by atoms with Crippen LogP contribution in [0, 0.1) is 0 Å². The quantitative estimate of drug-likeness (QED) is 0.213. The van der Waals surface area contributed by atoms with Crippen LogP contribution in [0.1, 0.15) is 25.0 Å². The number of fused-ring (bicyclic) bond motifs is 6. The van der Waals surface area contributed by atoms with Crippen LogP contribution in [0.5, 0.6) is 0 Å². The normalized spacial score (nSPS) is 13.3. The predicted octanol–water partition coefficient (Wildman–Crippen LogP) is 11.5. The van der Waals surface area contributed by atoms with Gasteiger partial charge in [-0.15, -0.1) is 11.3 Å². The highest BCUT2D eigenvalue weighted by molar-refractivity contribution is 7.26. The van der Waals surface area contributed by atoms with Crippen molar-refractivity contribution in [1.82, 2.24) is 0 Å². The van der Waals surface area contributed by atoms with E-state index in [2.05, 4.69) is 158 Å². The van der Waals surface area contributed by atoms with Gasteiger partial charge in [0.1, 0.15) is 0 Å². The lowest BCUT2D eigenvalue weighted by molar-refractivity contribution is 0.660. The van der Waals surface area contributed by atoms with Crippen molar-refractivity contribution in [1.29, 1.82) is 0 Å². The van der Waals surface area contributed by atoms with Crippen LogP contribution >= 0.6 is 11.3 Å². The van der Waals surface area contributed by atoms with Gasteiger partial charge in [0.05, 0.1) is 0 Å². The second-order valence-corrected chi connectivity index (χ2v) is 12.5. The molecule has 0 radical (unpaired) electrons. The van der Waals surface area contributed by atoms with Crippen LogP contribution in [0.2, 0.25) is 0 Å². The van der Waals surface area contributed by atoms with E-state index in [9.17, 15) is 0 Å². The van der Waals surface area contributed by atoms with E-state index in [0.717, 1.165) is 11.4 Å². The summed E-state index contributed by atoms with van der Waals surface area (Å²) in [4.78, 5) is 2.35. The Balaban J connectivity index is 1.26. The maximum absolute atomic E-state index is 2.44. The Morgan fingerprint density at radius 2 is 1.10 bits per heavy atom. The molecule has 0 N–H and O–H groups in total. The molecule has 1 heterocycles. The first-order valence-corrected chi connectivity index (χ1v) is 15.0. The molecule has 0 aliphatic heterocycles. The number of benzene rings is 6. The van der Waals surface area contributed by atoms with Crippen LogP contribution < -0.4 is 4.90 Å². The minimum absolute atomic E-state index is 0.121. The van der Waals surface area contributed by atoms with Gasteiger partial charge in [0.2, 0.25) is 0 Å². The number of hydrogen-bond donors (Lipinski definition) is 0. The van der Waals surface area contributed by atoms with Crippen LogP contribution in [0.15, 0.2) is 140 Å². The summed E-state index contributed by atoms with van der Waals surface area (Å²) >= 11 is 1.90. The Morgan fingerprint density at radius 3 is 1.83 bits per heavy atom. The third-order valence-electron chi connectivity index (χ3n) is 8.66. The summed E-state index contributed by atoms with van der Waals surface area (Å²) in [5.74, 6) is 0. The summed E-state index contributed by atoms with van der Waals surface area (Å²) in [5.41, 5.74) is 11.4. The van der Waals surface area contributed by atoms with Crippen molar-refractivity contribution in [2.24, 2.45) is 0 Å². The van der Waals surface area contributed by atoms with E-state index in [1.54, 1.807) is 0 Å². The highest BCUT2D eigenvalue weighted by Gasteiger charge is 2.36. The Morgan fingerprint density at radius 1 is 0.488 bits per heavy atom. The average molecular weight is 544 g/mol. The molecule has 2 heteroatoms. The van der Waals surface area contributed by atoms with Crippen LogP contribution in [0.25, 0.3) is 42.4 Å². The Labute approximate surface area is 245 Å². The van der Waals surface area contributed by atoms with Crippen molar-refractivity contribution in [2.45, 2.75) is 19.3 Å². The lowest BCUT2D eigenvalue weighted by Crippen LogP contribution is -2.16. The van der Waals surface area contributed by atoms with E-state index in [1.807, 2.05) is 11.3 Å². The molecule has 0 bridgehead atoms. The lowest BCUT2D eigenvalue weighted by atomic mass is 9.81. The first kappa shape index (κ1) is 24.2. The van der Waals surface area contributed by atoms with Crippen molar-refractivity contribution < 1.29 is 0 Å². The Bertz CT molecular complexity index is 2030. The summed E-state index contributed by atoms with van der Waals surface area (Å²) in [6.45, 7) is 4.75. The zero-order valence-corrected chi connectivity index (χ0v) is 24.0. The van der Waals surface area contributed by atoms with E-state index in [-0.39, 0.29) is 5.41 Å². The number of para-hydroxylation sites is 2. The van der Waals surface area contributed by atoms with Gasteiger partial charge < -0.3 is 4.90 Å². The molecule has 0 atom stereocenters. The predicted molar refractivity (Wildman–Crippen MR) is 177 cm³/mol. The summed E-state index contributed by atoms with van der Waals surface area (Å²) in [6.07, 6.45) is 0. The van der Waals surface area contributed by atoms with Crippen LogP contribution in [0.3, 0.4) is 0 Å². The molecule has 6 aromatic carbocycles. The van der Waals surface area contributed by atoms with Gasteiger partial charge in [0.25, 0.3) is 0 Å². The highest BCUT2D eigenvalue weighted by atomic mass is 32.1. The van der Waals surface area contributed by atoms with Gasteiger partial charge in [-0.25, -0.2) is 0 Å². The number of nitrogens with zero attached hydrogens (tertiary/aromatic N) is 1. The van der Waals surface area contributed by atoms with Gasteiger partial charge in [0, 0.05) is 42.6 Å². The minimum Gasteiger partial charge on any atom is -0.310 e. The molecule has 41 heavy (non-hydrogen) atoms. The maximum Gasteiger partial charge on any atom is 0.0465 e. The van der Waals surface area contributed by atoms with Crippen molar-refractivity contribution in [3.63, 3.8) is 0 Å². The average Bonchev–Trinajstić information content (AvgIpc) is 3.51. The monoisotopic (exact) mass is 543 g/mol. The molecule has 0 saturated heterocycles. The molecule has 0 spiro atoms. The first-order valence-electron chi connectivity index (χ1n) is 14.2. The summed E-state index contributed by atoms with van der Waals surface area (Å²) in [5, 5.41) is 2.69. The third kappa shape index (κ3) is 3.75. The second kappa shape index (κ2) is 9.19. The fraction of sp³-hybridized carbons (Fsp3) is 0.0769. The minimum atomic E-state index is -0.121. The standard InChI is InChI=1S/C39H29NS/c1-39(2)35-24-26(30-17-11-18-34-33-16-9-10-19-37(33)41-38(30)34)20-22-31(35)32-23-21-29(25-36(32)39)40(27-12-5-3-6-13-27)28-14-7-4-8-15-28/h3-25H,1-2H3. The molecule has 7 aromatic rings. The zero-order chi connectivity index (χ0) is 27.6. The SMILES string of the molecule is CC1(C)c2cc(-c3cccc4c3sc3ccccc34)ccc2-c2ccc(N(c3ccccc3)c3ccccc3)cc21. The van der Waals surface area contributed by atoms with Crippen LogP contribution in [-0.4, -0.2) is 0 Å². The molecule has 0 fully saturated rings. The fourth-order valence-electron chi connectivity index (χ4n) is 6.61. The van der Waals surface area contributed by atoms with Gasteiger partial charge >= 0.3 is 0 Å². The van der Waals surface area contributed by atoms with E-state index in [1.165, 1.54) is 59.2 Å². The van der Waals surface area contributed by atoms with Crippen LogP contribution in [-0.2, 0) is 5.41 Å². The van der Waals surface area contributed by atoms with Crippen molar-refractivity contribution in [3.8, 4) is 22.3 Å². The third-order valence-corrected chi connectivity index (χ3v) is 9.88.